The lowest BCUT2D eigenvalue weighted by Gasteiger charge is -2.14. The van der Waals surface area contributed by atoms with E-state index in [4.69, 9.17) is 11.5 Å². The lowest BCUT2D eigenvalue weighted by atomic mass is 9.89. The van der Waals surface area contributed by atoms with E-state index >= 15 is 0 Å². The normalized spacial score (nSPS) is 12.0. The number of benzene rings is 6. The van der Waals surface area contributed by atoms with Crippen molar-refractivity contribution in [3.8, 4) is 11.1 Å². The Morgan fingerprint density at radius 2 is 1.24 bits per heavy atom. The Morgan fingerprint density at radius 1 is 0.571 bits per heavy atom. The van der Waals surface area contributed by atoms with Gasteiger partial charge in [-0.2, -0.15) is 0 Å². The van der Waals surface area contributed by atoms with Gasteiger partial charge in [0.25, 0.3) is 0 Å². The maximum atomic E-state index is 6.44. The minimum Gasteiger partial charge on any atom is -0.397 e. The van der Waals surface area contributed by atoms with Crippen LogP contribution in [0.4, 0.5) is 11.4 Å². The van der Waals surface area contributed by atoms with E-state index in [0.717, 1.165) is 29.7 Å². The smallest absolute Gasteiger partial charge is 0.0627 e. The zero-order valence-corrected chi connectivity index (χ0v) is 23.3. The molecule has 0 saturated carbocycles. The topological polar surface area (TPSA) is 64.9 Å². The van der Waals surface area contributed by atoms with Crippen molar-refractivity contribution in [2.24, 2.45) is 0 Å². The van der Waals surface area contributed by atoms with E-state index in [1.807, 2.05) is 36.4 Å². The molecule has 4 N–H and O–H groups in total. The second kappa shape index (κ2) is 10.9. The molecule has 42 heavy (non-hydrogen) atoms. The Balaban J connectivity index is 1.12. The summed E-state index contributed by atoms with van der Waals surface area (Å²) in [6, 6.07) is 38.8. The van der Waals surface area contributed by atoms with Gasteiger partial charge in [0.15, 0.2) is 0 Å². The number of pyridine rings is 1. The van der Waals surface area contributed by atoms with E-state index in [1.165, 1.54) is 49.0 Å². The first-order chi connectivity index (χ1) is 20.7. The molecule has 0 amide bonds. The summed E-state index contributed by atoms with van der Waals surface area (Å²) in [6.45, 7) is 0. The van der Waals surface area contributed by atoms with Crippen LogP contribution in [0.2, 0.25) is 0 Å². The van der Waals surface area contributed by atoms with E-state index in [1.54, 1.807) is 6.20 Å². The zero-order chi connectivity index (χ0) is 28.5. The van der Waals surface area contributed by atoms with Gasteiger partial charge in [0.1, 0.15) is 0 Å². The molecule has 0 aliphatic carbocycles. The quantitative estimate of drug-likeness (QED) is 0.156. The highest BCUT2D eigenvalue weighted by Gasteiger charge is 2.12. The van der Waals surface area contributed by atoms with Gasteiger partial charge in [0.2, 0.25) is 0 Å². The van der Waals surface area contributed by atoms with Crippen LogP contribution in [-0.2, 0) is 12.8 Å². The van der Waals surface area contributed by atoms with Crippen LogP contribution < -0.4 is 11.5 Å². The first-order valence-corrected chi connectivity index (χ1v) is 14.3. The van der Waals surface area contributed by atoms with Crippen LogP contribution in [0.3, 0.4) is 0 Å². The minimum atomic E-state index is 0.602. The summed E-state index contributed by atoms with van der Waals surface area (Å²) in [5.41, 5.74) is 20.6. The van der Waals surface area contributed by atoms with Crippen LogP contribution >= 0.6 is 0 Å². The number of hydrogen-bond donors (Lipinski definition) is 2. The van der Waals surface area contributed by atoms with Crippen LogP contribution in [0.1, 0.15) is 22.4 Å². The molecule has 0 saturated heterocycles. The summed E-state index contributed by atoms with van der Waals surface area (Å²) >= 11 is 0. The molecule has 0 spiro atoms. The van der Waals surface area contributed by atoms with Crippen LogP contribution in [0.5, 0.6) is 0 Å². The number of rotatable bonds is 7. The molecule has 0 bridgehead atoms. The van der Waals surface area contributed by atoms with Crippen molar-refractivity contribution in [2.45, 2.75) is 12.8 Å². The van der Waals surface area contributed by atoms with Crippen LogP contribution in [0.15, 0.2) is 128 Å². The number of allylic oxidation sites excluding steroid dienone is 2. The SMILES string of the molecule is Nc1c(/C=C\Cc2cccc(-c3ccc4ccc5cccc6ccc3c4c56)c2)ccc(/C=C\Cc2ccccn2)c1N. The summed E-state index contributed by atoms with van der Waals surface area (Å²) in [7, 11) is 0. The third-order valence-corrected chi connectivity index (χ3v) is 8.12. The van der Waals surface area contributed by atoms with Crippen molar-refractivity contribution < 1.29 is 0 Å². The first kappa shape index (κ1) is 25.6. The summed E-state index contributed by atoms with van der Waals surface area (Å²) in [6.07, 6.45) is 11.6. The summed E-state index contributed by atoms with van der Waals surface area (Å²) in [4.78, 5) is 4.36. The Bertz CT molecular complexity index is 2090. The highest BCUT2D eigenvalue weighted by molar-refractivity contribution is 6.25. The molecule has 7 rings (SSSR count). The molecular weight excluding hydrogens is 510 g/mol. The molecule has 0 aliphatic heterocycles. The van der Waals surface area contributed by atoms with Gasteiger partial charge in [-0.1, -0.05) is 121 Å². The molecule has 3 nitrogen and oxygen atoms in total. The Labute approximate surface area is 245 Å². The largest absolute Gasteiger partial charge is 0.397 e. The molecule has 7 aromatic rings. The minimum absolute atomic E-state index is 0.602. The number of nitrogens with two attached hydrogens (primary N) is 2. The Morgan fingerprint density at radius 3 is 1.98 bits per heavy atom. The predicted octanol–water partition coefficient (Wildman–Crippen LogP) is 9.32. The maximum Gasteiger partial charge on any atom is 0.0627 e. The summed E-state index contributed by atoms with van der Waals surface area (Å²) in [5.74, 6) is 0. The van der Waals surface area contributed by atoms with Crippen molar-refractivity contribution in [1.82, 2.24) is 4.98 Å². The van der Waals surface area contributed by atoms with E-state index in [2.05, 4.69) is 102 Å². The number of hydrogen-bond acceptors (Lipinski definition) is 3. The van der Waals surface area contributed by atoms with Gasteiger partial charge in [-0.3, -0.25) is 4.98 Å². The fraction of sp³-hybridized carbons (Fsp3) is 0.0513. The van der Waals surface area contributed by atoms with Gasteiger partial charge >= 0.3 is 0 Å². The number of aromatic nitrogens is 1. The van der Waals surface area contributed by atoms with Crippen LogP contribution in [-0.4, -0.2) is 4.98 Å². The van der Waals surface area contributed by atoms with Crippen LogP contribution in [0.25, 0.3) is 55.6 Å². The average molecular weight is 542 g/mol. The highest BCUT2D eigenvalue weighted by atomic mass is 14.7. The molecule has 0 fully saturated rings. The first-order valence-electron chi connectivity index (χ1n) is 14.3. The summed E-state index contributed by atoms with van der Waals surface area (Å²) in [5, 5.41) is 7.84. The predicted molar refractivity (Wildman–Crippen MR) is 181 cm³/mol. The molecule has 3 heteroatoms. The fourth-order valence-electron chi connectivity index (χ4n) is 5.96. The lowest BCUT2D eigenvalue weighted by molar-refractivity contribution is 1.11. The number of nitrogens with zero attached hydrogens (tertiary/aromatic N) is 1. The van der Waals surface area contributed by atoms with Gasteiger partial charge in [-0.05, 0) is 78.7 Å². The fourth-order valence-corrected chi connectivity index (χ4v) is 5.96. The Kier molecular flexibility index (Phi) is 6.61. The van der Waals surface area contributed by atoms with E-state index in [0.29, 0.717) is 11.4 Å². The molecule has 202 valence electrons. The molecule has 1 heterocycles. The van der Waals surface area contributed by atoms with Gasteiger partial charge in [-0.25, -0.2) is 0 Å². The molecule has 0 aliphatic rings. The van der Waals surface area contributed by atoms with Crippen molar-refractivity contribution in [2.75, 3.05) is 11.5 Å². The second-order valence-corrected chi connectivity index (χ2v) is 10.8. The van der Waals surface area contributed by atoms with E-state index < -0.39 is 0 Å². The van der Waals surface area contributed by atoms with Crippen molar-refractivity contribution >= 4 is 55.8 Å². The van der Waals surface area contributed by atoms with Crippen LogP contribution in [0, 0.1) is 0 Å². The van der Waals surface area contributed by atoms with E-state index in [9.17, 15) is 0 Å². The van der Waals surface area contributed by atoms with E-state index in [-0.39, 0.29) is 0 Å². The third-order valence-electron chi connectivity index (χ3n) is 8.12. The monoisotopic (exact) mass is 541 g/mol. The molecular formula is C39H31N3. The Hall–Kier alpha value is -5.41. The van der Waals surface area contributed by atoms with Gasteiger partial charge in [-0.15, -0.1) is 0 Å². The second-order valence-electron chi connectivity index (χ2n) is 10.8. The summed E-state index contributed by atoms with van der Waals surface area (Å²) < 4.78 is 0. The lowest BCUT2D eigenvalue weighted by Crippen LogP contribution is -1.99. The molecule has 0 unspecified atom stereocenters. The maximum absolute atomic E-state index is 6.44. The molecule has 1 aromatic heterocycles. The van der Waals surface area contributed by atoms with Crippen molar-refractivity contribution in [3.63, 3.8) is 0 Å². The average Bonchev–Trinajstić information content (AvgIpc) is 3.03. The number of anilines is 2. The van der Waals surface area contributed by atoms with Crippen molar-refractivity contribution in [3.05, 3.63) is 150 Å². The molecule has 0 atom stereocenters. The molecule has 6 aromatic carbocycles. The zero-order valence-electron chi connectivity index (χ0n) is 23.3. The molecule has 0 radical (unpaired) electrons. The van der Waals surface area contributed by atoms with Gasteiger partial charge < -0.3 is 11.5 Å². The number of nitrogen functional groups attached to an aromatic ring is 2. The highest BCUT2D eigenvalue weighted by Crippen LogP contribution is 2.39. The third kappa shape index (κ3) is 4.76. The van der Waals surface area contributed by atoms with Gasteiger partial charge in [0.05, 0.1) is 11.4 Å². The van der Waals surface area contributed by atoms with Gasteiger partial charge in [0, 0.05) is 18.3 Å². The van der Waals surface area contributed by atoms with Crippen molar-refractivity contribution in [1.29, 1.82) is 0 Å². The standard InChI is InChI=1S/C39H31N3/c40-38-30(18-19-31(39(38)41)12-6-15-33-14-1-2-24-42-33)11-3-7-26-8-4-13-32(25-26)34-22-20-29-17-16-27-9-5-10-28-21-23-35(34)37(29)36(27)28/h1-6,8-14,16-25H,7,15,40-41H2/b11-3-,12-6-.